The van der Waals surface area contributed by atoms with Crippen molar-refractivity contribution in [3.63, 3.8) is 0 Å². The summed E-state index contributed by atoms with van der Waals surface area (Å²) in [6.45, 7) is 9.64. The minimum Gasteiger partial charge on any atom is -0.504 e. The van der Waals surface area contributed by atoms with Crippen molar-refractivity contribution < 1.29 is 5.11 Å². The van der Waals surface area contributed by atoms with Crippen LogP contribution in [0.3, 0.4) is 0 Å². The van der Waals surface area contributed by atoms with Crippen LogP contribution < -0.4 is 15.8 Å². The van der Waals surface area contributed by atoms with Crippen molar-refractivity contribution in [2.45, 2.75) is 90.9 Å². The first-order valence-electron chi connectivity index (χ1n) is 13.5. The van der Waals surface area contributed by atoms with E-state index < -0.39 is 16.6 Å². The second kappa shape index (κ2) is 11.2. The highest BCUT2D eigenvalue weighted by Crippen LogP contribution is 2.50. The summed E-state index contributed by atoms with van der Waals surface area (Å²) in [6, 6.07) is 11.2. The molecule has 1 aliphatic heterocycles. The molecule has 4 rings (SSSR count). The van der Waals surface area contributed by atoms with Crippen LogP contribution in [0, 0.1) is 0 Å². The Balaban J connectivity index is 1.66. The van der Waals surface area contributed by atoms with Crippen molar-refractivity contribution >= 4 is 23.1 Å². The Morgan fingerprint density at radius 1 is 0.917 bits per heavy atom. The van der Waals surface area contributed by atoms with Gasteiger partial charge in [0.25, 0.3) is 5.43 Å². The lowest BCUT2D eigenvalue weighted by Gasteiger charge is -2.27. The van der Waals surface area contributed by atoms with Crippen molar-refractivity contribution in [3.8, 4) is 16.2 Å². The summed E-state index contributed by atoms with van der Waals surface area (Å²) in [6.07, 6.45) is 12.6. The molecule has 192 valence electrons. The molecule has 1 aromatic heterocycles. The second-order valence-corrected chi connectivity index (χ2v) is 11.8. The van der Waals surface area contributed by atoms with Crippen LogP contribution in [-0.4, -0.2) is 11.7 Å². The van der Waals surface area contributed by atoms with E-state index in [1.165, 1.54) is 59.4 Å². The summed E-state index contributed by atoms with van der Waals surface area (Å²) in [5, 5.41) is 10.1. The standard InChI is InChI=1S/C31H39NO3S/c1-5-7-9-11-13-22-15-17-26(36-22)21-14-16-25-24(19-21)31(3,4)27(32(25)18-12-10-8-6-2)20-23-28(33)30(35)29(23)34/h14-17,19-20,33H,5-13,18H2,1-4H3. The lowest BCUT2D eigenvalue weighted by atomic mass is 9.82. The highest BCUT2D eigenvalue weighted by atomic mass is 32.1. The zero-order valence-electron chi connectivity index (χ0n) is 22.2. The average Bonchev–Trinajstić information content (AvgIpc) is 3.43. The molecule has 2 heterocycles. The summed E-state index contributed by atoms with van der Waals surface area (Å²) in [5.41, 5.74) is 2.97. The first-order chi connectivity index (χ1) is 17.3. The Labute approximate surface area is 219 Å². The summed E-state index contributed by atoms with van der Waals surface area (Å²) in [5.74, 6) is -0.407. The molecule has 5 heteroatoms. The van der Waals surface area contributed by atoms with Gasteiger partial charge in [-0.05, 0) is 60.7 Å². The molecule has 0 radical (unpaired) electrons. The van der Waals surface area contributed by atoms with Gasteiger partial charge in [-0.15, -0.1) is 11.3 Å². The fourth-order valence-electron chi connectivity index (χ4n) is 5.29. The Bertz CT molecular complexity index is 1310. The maximum Gasteiger partial charge on any atom is 0.268 e. The number of hydrogen-bond acceptors (Lipinski definition) is 5. The molecule has 0 fully saturated rings. The monoisotopic (exact) mass is 505 g/mol. The van der Waals surface area contributed by atoms with Gasteiger partial charge < -0.3 is 10.0 Å². The minimum absolute atomic E-state index is 0.139. The highest BCUT2D eigenvalue weighted by Gasteiger charge is 2.41. The van der Waals surface area contributed by atoms with Crippen molar-refractivity contribution in [2.75, 3.05) is 11.4 Å². The number of nitrogens with zero attached hydrogens (tertiary/aromatic N) is 1. The van der Waals surface area contributed by atoms with Gasteiger partial charge >= 0.3 is 0 Å². The molecule has 0 unspecified atom stereocenters. The van der Waals surface area contributed by atoms with Crippen molar-refractivity contribution in [2.24, 2.45) is 0 Å². The maximum absolute atomic E-state index is 12.2. The number of aryl methyl sites for hydroxylation is 1. The number of anilines is 1. The molecule has 0 aliphatic carbocycles. The van der Waals surface area contributed by atoms with Gasteiger partial charge in [-0.1, -0.05) is 72.3 Å². The van der Waals surface area contributed by atoms with Crippen molar-refractivity contribution in [1.29, 1.82) is 0 Å². The van der Waals surface area contributed by atoms with E-state index in [-0.39, 0.29) is 11.0 Å². The topological polar surface area (TPSA) is 57.6 Å². The van der Waals surface area contributed by atoms with Crippen LogP contribution in [0.2, 0.25) is 0 Å². The van der Waals surface area contributed by atoms with E-state index in [2.05, 4.69) is 62.9 Å². The van der Waals surface area contributed by atoms with Gasteiger partial charge in [0.2, 0.25) is 5.43 Å². The summed E-state index contributed by atoms with van der Waals surface area (Å²) >= 11 is 1.88. The number of aromatic hydroxyl groups is 1. The van der Waals surface area contributed by atoms with Crippen LogP contribution in [0.4, 0.5) is 5.69 Å². The van der Waals surface area contributed by atoms with Crippen LogP contribution in [0.1, 0.15) is 95.1 Å². The molecular formula is C31H39NO3S. The largest absolute Gasteiger partial charge is 0.504 e. The molecule has 0 atom stereocenters. The zero-order valence-corrected chi connectivity index (χ0v) is 23.0. The normalized spacial score (nSPS) is 15.8. The molecular weight excluding hydrogens is 466 g/mol. The molecule has 0 spiro atoms. The molecule has 2 aromatic carbocycles. The summed E-state index contributed by atoms with van der Waals surface area (Å²) in [4.78, 5) is 28.8. The Morgan fingerprint density at radius 2 is 1.64 bits per heavy atom. The van der Waals surface area contributed by atoms with Crippen molar-refractivity contribution in [1.82, 2.24) is 0 Å². The average molecular weight is 506 g/mol. The van der Waals surface area contributed by atoms with Crippen LogP contribution in [0.25, 0.3) is 16.5 Å². The summed E-state index contributed by atoms with van der Waals surface area (Å²) in [7, 11) is 0. The minimum atomic E-state index is -0.782. The Kier molecular flexibility index (Phi) is 8.19. The number of thiophene rings is 1. The molecule has 0 saturated carbocycles. The van der Waals surface area contributed by atoms with E-state index >= 15 is 0 Å². The van der Waals surface area contributed by atoms with Crippen LogP contribution in [0.5, 0.6) is 5.75 Å². The van der Waals surface area contributed by atoms with Gasteiger partial charge in [0.15, 0.2) is 5.75 Å². The SMILES string of the molecule is CCCCCCc1ccc(-c2ccc3c(c2)C(C)(C)C(=Cc2c(O)c(=O)c2=O)N3CCCCCC)s1. The van der Waals surface area contributed by atoms with Gasteiger partial charge in [-0.2, -0.15) is 0 Å². The lowest BCUT2D eigenvalue weighted by molar-refractivity contribution is 0.461. The Morgan fingerprint density at radius 3 is 2.33 bits per heavy atom. The lowest BCUT2D eigenvalue weighted by Crippen LogP contribution is -2.34. The number of allylic oxidation sites excluding steroid dienone is 1. The third-order valence-electron chi connectivity index (χ3n) is 7.55. The molecule has 4 nitrogen and oxygen atoms in total. The second-order valence-electron chi connectivity index (χ2n) is 10.6. The first kappa shape index (κ1) is 26.4. The number of rotatable bonds is 12. The van der Waals surface area contributed by atoms with Crippen LogP contribution in [0.15, 0.2) is 45.6 Å². The van der Waals surface area contributed by atoms with Gasteiger partial charge in [0.05, 0.1) is 5.56 Å². The van der Waals surface area contributed by atoms with Gasteiger partial charge in [0.1, 0.15) is 0 Å². The fraction of sp³-hybridized carbons (Fsp3) is 0.484. The maximum atomic E-state index is 12.2. The molecule has 1 N–H and O–H groups in total. The predicted octanol–water partition coefficient (Wildman–Crippen LogP) is 7.56. The molecule has 1 aliphatic rings. The third kappa shape index (κ3) is 5.08. The van der Waals surface area contributed by atoms with Gasteiger partial charge in [-0.3, -0.25) is 9.59 Å². The predicted molar refractivity (Wildman–Crippen MR) is 153 cm³/mol. The van der Waals surface area contributed by atoms with Crippen molar-refractivity contribution in [3.05, 3.63) is 72.5 Å². The third-order valence-corrected chi connectivity index (χ3v) is 8.75. The highest BCUT2D eigenvalue weighted by molar-refractivity contribution is 7.15. The number of fused-ring (bicyclic) bond motifs is 1. The van der Waals surface area contributed by atoms with E-state index in [1.54, 1.807) is 6.08 Å². The first-order valence-corrected chi connectivity index (χ1v) is 14.4. The van der Waals surface area contributed by atoms with E-state index in [9.17, 15) is 14.7 Å². The Hall–Kier alpha value is -2.66. The van der Waals surface area contributed by atoms with Crippen LogP contribution in [-0.2, 0) is 11.8 Å². The van der Waals surface area contributed by atoms with Gasteiger partial charge in [0, 0.05) is 33.1 Å². The molecule has 36 heavy (non-hydrogen) atoms. The quantitative estimate of drug-likeness (QED) is 0.204. The molecule has 0 saturated heterocycles. The summed E-state index contributed by atoms with van der Waals surface area (Å²) < 4.78 is 0. The molecule has 3 aromatic rings. The number of hydrogen-bond donors (Lipinski definition) is 1. The number of unbranched alkanes of at least 4 members (excludes halogenated alkanes) is 6. The van der Waals surface area contributed by atoms with E-state index in [1.807, 2.05) is 11.3 Å². The van der Waals surface area contributed by atoms with E-state index in [4.69, 9.17) is 0 Å². The molecule has 0 bridgehead atoms. The smallest absolute Gasteiger partial charge is 0.268 e. The molecule has 0 amide bonds. The fourth-order valence-corrected chi connectivity index (χ4v) is 6.33. The van der Waals surface area contributed by atoms with Gasteiger partial charge in [-0.25, -0.2) is 0 Å². The zero-order chi connectivity index (χ0) is 25.9. The van der Waals surface area contributed by atoms with Crippen LogP contribution >= 0.6 is 11.3 Å². The number of benzene rings is 1. The van der Waals surface area contributed by atoms with E-state index in [0.717, 1.165) is 37.2 Å². The van der Waals surface area contributed by atoms with E-state index in [0.29, 0.717) is 0 Å².